The summed E-state index contributed by atoms with van der Waals surface area (Å²) in [7, 11) is 0. The highest BCUT2D eigenvalue weighted by Gasteiger charge is 2.33. The minimum atomic E-state index is 0.0785. The zero-order chi connectivity index (χ0) is 14.7. The Morgan fingerprint density at radius 3 is 3.00 bits per heavy atom. The van der Waals surface area contributed by atoms with Crippen molar-refractivity contribution >= 4 is 17.7 Å². The third-order valence-corrected chi connectivity index (χ3v) is 6.17. The summed E-state index contributed by atoms with van der Waals surface area (Å²) in [4.78, 5) is 13.8. The van der Waals surface area contributed by atoms with Crippen LogP contribution in [-0.4, -0.2) is 17.2 Å². The third-order valence-electron chi connectivity index (χ3n) is 4.85. The van der Waals surface area contributed by atoms with Crippen molar-refractivity contribution in [2.45, 2.75) is 68.1 Å². The van der Waals surface area contributed by atoms with Crippen LogP contribution in [0.1, 0.15) is 51.0 Å². The van der Waals surface area contributed by atoms with Crippen LogP contribution in [0.25, 0.3) is 0 Å². The van der Waals surface area contributed by atoms with Gasteiger partial charge in [-0.3, -0.25) is 4.79 Å². The van der Waals surface area contributed by atoms with Gasteiger partial charge in [-0.15, -0.1) is 11.8 Å². The predicted octanol–water partition coefficient (Wildman–Crippen LogP) is 4.18. The molecule has 2 aliphatic rings. The average Bonchev–Trinajstić information content (AvgIpc) is 3.11. The van der Waals surface area contributed by atoms with Crippen molar-refractivity contribution in [1.82, 2.24) is 5.32 Å². The number of amides is 1. The van der Waals surface area contributed by atoms with Gasteiger partial charge in [-0.25, -0.2) is 0 Å². The van der Waals surface area contributed by atoms with Gasteiger partial charge in [0.25, 0.3) is 0 Å². The van der Waals surface area contributed by atoms with Crippen LogP contribution in [0.5, 0.6) is 0 Å². The first-order chi connectivity index (χ1) is 10.3. The second kappa shape index (κ2) is 6.87. The van der Waals surface area contributed by atoms with E-state index in [0.717, 1.165) is 6.42 Å². The molecular formula is C18H25NOS. The number of nitrogens with one attached hydrogen (secondary N) is 1. The zero-order valence-electron chi connectivity index (χ0n) is 12.8. The molecule has 1 aromatic carbocycles. The Kier molecular flexibility index (Phi) is 4.89. The minimum absolute atomic E-state index is 0.0785. The van der Waals surface area contributed by atoms with Gasteiger partial charge in [-0.1, -0.05) is 44.4 Å². The summed E-state index contributed by atoms with van der Waals surface area (Å²) >= 11 is 1.73. The lowest BCUT2D eigenvalue weighted by Crippen LogP contribution is -2.42. The van der Waals surface area contributed by atoms with Crippen molar-refractivity contribution in [2.24, 2.45) is 5.92 Å². The van der Waals surface area contributed by atoms with Crippen LogP contribution in [0.15, 0.2) is 29.2 Å². The van der Waals surface area contributed by atoms with E-state index in [2.05, 4.69) is 36.5 Å². The van der Waals surface area contributed by atoms with Crippen LogP contribution in [0, 0.1) is 5.92 Å². The Morgan fingerprint density at radius 2 is 2.19 bits per heavy atom. The van der Waals surface area contributed by atoms with E-state index >= 15 is 0 Å². The molecule has 1 aliphatic heterocycles. The largest absolute Gasteiger partial charge is 0.352 e. The second-order valence-corrected chi connectivity index (χ2v) is 7.61. The Morgan fingerprint density at radius 1 is 1.33 bits per heavy atom. The Hall–Kier alpha value is -0.960. The van der Waals surface area contributed by atoms with Gasteiger partial charge in [-0.05, 0) is 43.2 Å². The second-order valence-electron chi connectivity index (χ2n) is 6.37. The number of carbonyl (C=O) groups is 1. The smallest absolute Gasteiger partial charge is 0.234 e. The maximum Gasteiger partial charge on any atom is 0.234 e. The maximum atomic E-state index is 12.6. The topological polar surface area (TPSA) is 29.1 Å². The molecule has 0 bridgehead atoms. The Bertz CT molecular complexity index is 477. The van der Waals surface area contributed by atoms with Crippen LogP contribution in [0.3, 0.4) is 0 Å². The summed E-state index contributed by atoms with van der Waals surface area (Å²) in [6.45, 7) is 2.24. The molecule has 3 unspecified atom stereocenters. The lowest BCUT2D eigenvalue weighted by Gasteiger charge is -2.22. The molecule has 2 nitrogen and oxygen atoms in total. The summed E-state index contributed by atoms with van der Waals surface area (Å²) in [5, 5.41) is 3.43. The zero-order valence-corrected chi connectivity index (χ0v) is 13.6. The van der Waals surface area contributed by atoms with Crippen molar-refractivity contribution in [3.05, 3.63) is 29.8 Å². The van der Waals surface area contributed by atoms with Crippen LogP contribution < -0.4 is 5.32 Å². The first-order valence-corrected chi connectivity index (χ1v) is 9.21. The molecule has 1 heterocycles. The van der Waals surface area contributed by atoms with Crippen molar-refractivity contribution in [2.75, 3.05) is 0 Å². The third kappa shape index (κ3) is 3.45. The summed E-state index contributed by atoms with van der Waals surface area (Å²) in [6, 6.07) is 8.83. The number of thioether (sulfide) groups is 1. The van der Waals surface area contributed by atoms with E-state index < -0.39 is 0 Å². The highest BCUT2D eigenvalue weighted by Crippen LogP contribution is 2.37. The Labute approximate surface area is 132 Å². The fourth-order valence-electron chi connectivity index (χ4n) is 3.64. The van der Waals surface area contributed by atoms with Gasteiger partial charge in [0.05, 0.1) is 5.25 Å². The molecule has 1 N–H and O–H groups in total. The van der Waals surface area contributed by atoms with E-state index in [9.17, 15) is 4.79 Å². The molecule has 0 aromatic heterocycles. The molecule has 0 spiro atoms. The summed E-state index contributed by atoms with van der Waals surface area (Å²) in [6.07, 6.45) is 8.45. The molecule has 3 heteroatoms. The van der Waals surface area contributed by atoms with E-state index in [4.69, 9.17) is 0 Å². The fraction of sp³-hybridized carbons (Fsp3) is 0.611. The molecule has 1 saturated carbocycles. The van der Waals surface area contributed by atoms with Gasteiger partial charge in [0.1, 0.15) is 0 Å². The molecule has 3 rings (SSSR count). The number of unbranched alkanes of at least 4 members (excludes halogenated alkanes) is 1. The summed E-state index contributed by atoms with van der Waals surface area (Å²) in [5.41, 5.74) is 1.33. The normalized spacial score (nSPS) is 27.6. The monoisotopic (exact) mass is 303 g/mol. The molecule has 0 radical (unpaired) electrons. The SMILES string of the molecule is CCCCC1CCCC1NC(=O)C1Cc2ccccc2S1. The maximum absolute atomic E-state index is 12.6. The standard InChI is InChI=1S/C18H25NOS/c1-2-3-7-13-9-6-10-15(13)19-18(20)17-12-14-8-4-5-11-16(14)21-17/h4-5,8,11,13,15,17H,2-3,6-7,9-10,12H2,1H3,(H,19,20). The van der Waals surface area contributed by atoms with Gasteiger partial charge in [0.15, 0.2) is 0 Å². The molecule has 3 atom stereocenters. The fourth-order valence-corrected chi connectivity index (χ4v) is 4.85. The van der Waals surface area contributed by atoms with Crippen LogP contribution in [0.2, 0.25) is 0 Å². The average molecular weight is 303 g/mol. The van der Waals surface area contributed by atoms with Crippen molar-refractivity contribution in [3.8, 4) is 0 Å². The molecule has 1 aromatic rings. The van der Waals surface area contributed by atoms with Crippen LogP contribution in [-0.2, 0) is 11.2 Å². The number of hydrogen-bond acceptors (Lipinski definition) is 2. The van der Waals surface area contributed by atoms with Gasteiger partial charge < -0.3 is 5.32 Å². The number of benzene rings is 1. The van der Waals surface area contributed by atoms with E-state index in [1.807, 2.05) is 0 Å². The van der Waals surface area contributed by atoms with E-state index in [0.29, 0.717) is 12.0 Å². The minimum Gasteiger partial charge on any atom is -0.352 e. The van der Waals surface area contributed by atoms with Crippen LogP contribution in [0.4, 0.5) is 0 Å². The highest BCUT2D eigenvalue weighted by atomic mass is 32.2. The van der Waals surface area contributed by atoms with E-state index in [1.165, 1.54) is 49.0 Å². The molecule has 1 amide bonds. The molecule has 0 saturated heterocycles. The quantitative estimate of drug-likeness (QED) is 0.884. The van der Waals surface area contributed by atoms with Crippen molar-refractivity contribution in [3.63, 3.8) is 0 Å². The van der Waals surface area contributed by atoms with E-state index in [1.54, 1.807) is 11.8 Å². The number of rotatable bonds is 5. The molecular weight excluding hydrogens is 278 g/mol. The predicted molar refractivity (Wildman–Crippen MR) is 88.6 cm³/mol. The van der Waals surface area contributed by atoms with E-state index in [-0.39, 0.29) is 11.2 Å². The molecule has 1 aliphatic carbocycles. The van der Waals surface area contributed by atoms with Crippen molar-refractivity contribution < 1.29 is 4.79 Å². The summed E-state index contributed by atoms with van der Waals surface area (Å²) < 4.78 is 0. The first-order valence-electron chi connectivity index (χ1n) is 8.33. The lowest BCUT2D eigenvalue weighted by molar-refractivity contribution is -0.121. The highest BCUT2D eigenvalue weighted by molar-refractivity contribution is 8.01. The first kappa shape index (κ1) is 15.0. The number of carbonyl (C=O) groups excluding carboxylic acids is 1. The molecule has 114 valence electrons. The lowest BCUT2D eigenvalue weighted by atomic mass is 9.96. The van der Waals surface area contributed by atoms with Gasteiger partial charge >= 0.3 is 0 Å². The van der Waals surface area contributed by atoms with Gasteiger partial charge in [0.2, 0.25) is 5.91 Å². The van der Waals surface area contributed by atoms with Crippen molar-refractivity contribution in [1.29, 1.82) is 0 Å². The summed E-state index contributed by atoms with van der Waals surface area (Å²) in [5.74, 6) is 0.965. The number of fused-ring (bicyclic) bond motifs is 1. The molecule has 1 fully saturated rings. The van der Waals surface area contributed by atoms with Crippen LogP contribution >= 0.6 is 11.8 Å². The van der Waals surface area contributed by atoms with Gasteiger partial charge in [0, 0.05) is 10.9 Å². The van der Waals surface area contributed by atoms with Gasteiger partial charge in [-0.2, -0.15) is 0 Å². The molecule has 21 heavy (non-hydrogen) atoms. The Balaban J connectivity index is 1.55. The number of hydrogen-bond donors (Lipinski definition) is 1.